The minimum Gasteiger partial charge on any atom is -0.478 e. The number of carbonyl (C=O) groups is 2. The zero-order valence-electron chi connectivity index (χ0n) is 12.4. The molecule has 0 aliphatic rings. The smallest absolute Gasteiger partial charge is 0.335 e. The topological polar surface area (TPSA) is 88.3 Å². The third-order valence-corrected chi connectivity index (χ3v) is 2.93. The number of aromatic carboxylic acids is 1. The maximum absolute atomic E-state index is 11.2. The SMILES string of the molecule is C=CC(=O)Oc1ccc(N=Nc2ccc(C(=O)O)cc2)cc1C. The van der Waals surface area contributed by atoms with E-state index in [9.17, 15) is 9.59 Å². The molecule has 0 aliphatic heterocycles. The Morgan fingerprint density at radius 1 is 1.09 bits per heavy atom. The van der Waals surface area contributed by atoms with Crippen molar-refractivity contribution >= 4 is 23.3 Å². The number of carboxylic acid groups (broad SMARTS) is 1. The first-order valence-corrected chi connectivity index (χ1v) is 6.69. The van der Waals surface area contributed by atoms with Crippen molar-refractivity contribution in [1.82, 2.24) is 0 Å². The molecule has 23 heavy (non-hydrogen) atoms. The Kier molecular flexibility index (Phi) is 4.99. The summed E-state index contributed by atoms with van der Waals surface area (Å²) in [6.07, 6.45) is 1.09. The summed E-state index contributed by atoms with van der Waals surface area (Å²) in [6.45, 7) is 5.12. The highest BCUT2D eigenvalue weighted by Crippen LogP contribution is 2.25. The molecule has 1 N–H and O–H groups in total. The Labute approximate surface area is 132 Å². The summed E-state index contributed by atoms with van der Waals surface area (Å²) in [5.41, 5.74) is 2.05. The standard InChI is InChI=1S/C17H14N2O4/c1-3-16(20)23-15-9-8-14(10-11(15)2)19-18-13-6-4-12(5-7-13)17(21)22/h3-10H,1H2,2H3,(H,21,22). The van der Waals surface area contributed by atoms with Gasteiger partial charge in [0.25, 0.3) is 0 Å². The monoisotopic (exact) mass is 310 g/mol. The van der Waals surface area contributed by atoms with Crippen molar-refractivity contribution in [2.45, 2.75) is 6.92 Å². The van der Waals surface area contributed by atoms with Crippen molar-refractivity contribution < 1.29 is 19.4 Å². The van der Waals surface area contributed by atoms with Crippen LogP contribution in [0.1, 0.15) is 15.9 Å². The fourth-order valence-corrected chi connectivity index (χ4v) is 1.75. The summed E-state index contributed by atoms with van der Waals surface area (Å²) in [6, 6.07) is 11.1. The number of hydrogen-bond donors (Lipinski definition) is 1. The van der Waals surface area contributed by atoms with Crippen LogP contribution >= 0.6 is 0 Å². The van der Waals surface area contributed by atoms with E-state index in [1.54, 1.807) is 37.3 Å². The molecule has 0 amide bonds. The van der Waals surface area contributed by atoms with Crippen LogP contribution in [0.5, 0.6) is 5.75 Å². The highest BCUT2D eigenvalue weighted by atomic mass is 16.5. The predicted molar refractivity (Wildman–Crippen MR) is 84.6 cm³/mol. The average Bonchev–Trinajstić information content (AvgIpc) is 2.55. The first-order chi connectivity index (χ1) is 11.0. The first kappa shape index (κ1) is 16.1. The third kappa shape index (κ3) is 4.34. The largest absolute Gasteiger partial charge is 0.478 e. The lowest BCUT2D eigenvalue weighted by Gasteiger charge is -2.05. The van der Waals surface area contributed by atoms with Gasteiger partial charge in [-0.25, -0.2) is 9.59 Å². The molecule has 2 rings (SSSR count). The lowest BCUT2D eigenvalue weighted by molar-refractivity contribution is -0.129. The number of rotatable bonds is 5. The van der Waals surface area contributed by atoms with Crippen molar-refractivity contribution in [3.05, 3.63) is 66.2 Å². The molecule has 0 heterocycles. The minimum atomic E-state index is -0.992. The quantitative estimate of drug-likeness (QED) is 0.388. The number of carboxylic acids is 1. The van der Waals surface area contributed by atoms with Crippen LogP contribution in [0, 0.1) is 6.92 Å². The Bertz CT molecular complexity index is 780. The molecule has 2 aromatic carbocycles. The second-order valence-electron chi connectivity index (χ2n) is 4.63. The summed E-state index contributed by atoms with van der Waals surface area (Å²) in [4.78, 5) is 21.9. The van der Waals surface area contributed by atoms with Crippen LogP contribution in [0.2, 0.25) is 0 Å². The van der Waals surface area contributed by atoms with Gasteiger partial charge in [0.15, 0.2) is 0 Å². The fraction of sp³-hybridized carbons (Fsp3) is 0.0588. The number of nitrogens with zero attached hydrogens (tertiary/aromatic N) is 2. The molecule has 0 fully saturated rings. The van der Waals surface area contributed by atoms with Gasteiger partial charge in [-0.15, -0.1) is 0 Å². The second-order valence-corrected chi connectivity index (χ2v) is 4.63. The molecule has 0 atom stereocenters. The molecule has 0 unspecified atom stereocenters. The van der Waals surface area contributed by atoms with Crippen molar-refractivity contribution in [2.24, 2.45) is 10.2 Å². The van der Waals surface area contributed by atoms with E-state index in [-0.39, 0.29) is 5.56 Å². The van der Waals surface area contributed by atoms with Crippen LogP contribution in [0.15, 0.2) is 65.3 Å². The Balaban J connectivity index is 2.13. The van der Waals surface area contributed by atoms with Crippen LogP contribution in [-0.2, 0) is 4.79 Å². The van der Waals surface area contributed by atoms with Crippen LogP contribution < -0.4 is 4.74 Å². The number of azo groups is 1. The summed E-state index contributed by atoms with van der Waals surface area (Å²) >= 11 is 0. The van der Waals surface area contributed by atoms with Gasteiger partial charge in [0.05, 0.1) is 16.9 Å². The summed E-state index contributed by atoms with van der Waals surface area (Å²) < 4.78 is 5.06. The lowest BCUT2D eigenvalue weighted by atomic mass is 10.2. The van der Waals surface area contributed by atoms with Crippen molar-refractivity contribution in [3.8, 4) is 5.75 Å². The van der Waals surface area contributed by atoms with E-state index >= 15 is 0 Å². The molecule has 0 spiro atoms. The zero-order valence-corrected chi connectivity index (χ0v) is 12.4. The molecule has 0 aliphatic carbocycles. The molecular formula is C17H14N2O4. The predicted octanol–water partition coefficient (Wildman–Crippen LogP) is 4.20. The van der Waals surface area contributed by atoms with E-state index in [0.717, 1.165) is 11.6 Å². The first-order valence-electron chi connectivity index (χ1n) is 6.69. The summed E-state index contributed by atoms with van der Waals surface area (Å²) in [7, 11) is 0. The normalized spacial score (nSPS) is 10.5. The van der Waals surface area contributed by atoms with Gasteiger partial charge in [-0.1, -0.05) is 6.58 Å². The van der Waals surface area contributed by atoms with Crippen molar-refractivity contribution in [3.63, 3.8) is 0 Å². The van der Waals surface area contributed by atoms with E-state index in [2.05, 4.69) is 16.8 Å². The van der Waals surface area contributed by atoms with Crippen LogP contribution in [0.3, 0.4) is 0 Å². The molecule has 0 saturated heterocycles. The molecule has 0 radical (unpaired) electrons. The van der Waals surface area contributed by atoms with Gasteiger partial charge in [0, 0.05) is 6.08 Å². The number of benzene rings is 2. The van der Waals surface area contributed by atoms with Crippen LogP contribution in [0.4, 0.5) is 11.4 Å². The van der Waals surface area contributed by atoms with Crippen molar-refractivity contribution in [1.29, 1.82) is 0 Å². The van der Waals surface area contributed by atoms with Gasteiger partial charge in [-0.3, -0.25) is 0 Å². The Morgan fingerprint density at radius 2 is 1.70 bits per heavy atom. The van der Waals surface area contributed by atoms with E-state index in [1.807, 2.05) is 0 Å². The third-order valence-electron chi connectivity index (χ3n) is 2.93. The molecule has 116 valence electrons. The number of aryl methyl sites for hydroxylation is 1. The maximum atomic E-state index is 11.2. The van der Waals surface area contributed by atoms with Crippen LogP contribution in [-0.4, -0.2) is 17.0 Å². The van der Waals surface area contributed by atoms with E-state index in [1.165, 1.54) is 12.1 Å². The van der Waals surface area contributed by atoms with Gasteiger partial charge in [0.2, 0.25) is 0 Å². The lowest BCUT2D eigenvalue weighted by Crippen LogP contribution is -2.03. The average molecular weight is 310 g/mol. The molecule has 2 aromatic rings. The number of carbonyl (C=O) groups excluding carboxylic acids is 1. The molecule has 0 aromatic heterocycles. The maximum Gasteiger partial charge on any atom is 0.335 e. The molecule has 0 bridgehead atoms. The molecule has 6 nitrogen and oxygen atoms in total. The summed E-state index contributed by atoms with van der Waals surface area (Å²) in [5.74, 6) is -1.09. The summed E-state index contributed by atoms with van der Waals surface area (Å²) in [5, 5.41) is 16.9. The number of hydrogen-bond acceptors (Lipinski definition) is 5. The van der Waals surface area contributed by atoms with Gasteiger partial charge in [-0.2, -0.15) is 10.2 Å². The van der Waals surface area contributed by atoms with Gasteiger partial charge in [0.1, 0.15) is 5.75 Å². The second kappa shape index (κ2) is 7.13. The Hall–Kier alpha value is -3.28. The fourth-order valence-electron chi connectivity index (χ4n) is 1.75. The Morgan fingerprint density at radius 3 is 2.26 bits per heavy atom. The highest BCUT2D eigenvalue weighted by molar-refractivity contribution is 5.87. The van der Waals surface area contributed by atoms with Gasteiger partial charge >= 0.3 is 11.9 Å². The van der Waals surface area contributed by atoms with E-state index < -0.39 is 11.9 Å². The van der Waals surface area contributed by atoms with Gasteiger partial charge in [-0.05, 0) is 55.0 Å². The van der Waals surface area contributed by atoms with E-state index in [4.69, 9.17) is 9.84 Å². The highest BCUT2D eigenvalue weighted by Gasteiger charge is 2.05. The molecule has 6 heteroatoms. The molecular weight excluding hydrogens is 296 g/mol. The molecule has 0 saturated carbocycles. The van der Waals surface area contributed by atoms with Gasteiger partial charge < -0.3 is 9.84 Å². The van der Waals surface area contributed by atoms with Crippen molar-refractivity contribution in [2.75, 3.05) is 0 Å². The minimum absolute atomic E-state index is 0.188. The zero-order chi connectivity index (χ0) is 16.8. The number of ether oxygens (including phenoxy) is 1. The number of esters is 1. The van der Waals surface area contributed by atoms with E-state index in [0.29, 0.717) is 17.1 Å². The van der Waals surface area contributed by atoms with Crippen LogP contribution in [0.25, 0.3) is 0 Å².